The van der Waals surface area contributed by atoms with E-state index in [-0.39, 0.29) is 12.1 Å². The molecule has 0 bridgehead atoms. The summed E-state index contributed by atoms with van der Waals surface area (Å²) in [5, 5.41) is 11.9. The Morgan fingerprint density at radius 2 is 2.05 bits per heavy atom. The number of quaternary nitrogens is 1. The third-order valence-corrected chi connectivity index (χ3v) is 3.66. The van der Waals surface area contributed by atoms with Crippen LogP contribution >= 0.6 is 11.6 Å². The molecule has 0 aliphatic carbocycles. The zero-order valence-electron chi connectivity index (χ0n) is 12.5. The third kappa shape index (κ3) is 4.00. The molecule has 0 saturated heterocycles. The highest BCUT2D eigenvalue weighted by Gasteiger charge is 2.20. The maximum atomic E-state index is 9.25. The molecular weight excluding hydrogens is 290 g/mol. The lowest BCUT2D eigenvalue weighted by Crippen LogP contribution is -2.95. The molecule has 2 rings (SSSR count). The van der Waals surface area contributed by atoms with Crippen LogP contribution < -0.4 is 10.1 Å². The van der Waals surface area contributed by atoms with Crippen molar-refractivity contribution in [3.05, 3.63) is 41.1 Å². The first-order chi connectivity index (χ1) is 9.95. The molecule has 0 unspecified atom stereocenters. The van der Waals surface area contributed by atoms with Crippen LogP contribution in [0.15, 0.2) is 34.7 Å². The van der Waals surface area contributed by atoms with Gasteiger partial charge in [-0.2, -0.15) is 0 Å². The highest BCUT2D eigenvalue weighted by atomic mass is 35.5. The summed E-state index contributed by atoms with van der Waals surface area (Å²) < 4.78 is 11.0. The van der Waals surface area contributed by atoms with E-state index in [1.165, 1.54) is 0 Å². The number of hydrogen-bond donors (Lipinski definition) is 2. The quantitative estimate of drug-likeness (QED) is 0.861. The number of aliphatic hydroxyl groups excluding tert-OH is 1. The number of aliphatic hydroxyl groups is 1. The Morgan fingerprint density at radius 1 is 1.29 bits per heavy atom. The lowest BCUT2D eigenvalue weighted by molar-refractivity contribution is -0.738. The van der Waals surface area contributed by atoms with Crippen LogP contribution in [0.4, 0.5) is 0 Å². The molecule has 0 spiro atoms. The molecular formula is C16H21ClNO3+. The minimum absolute atomic E-state index is 0.120. The summed E-state index contributed by atoms with van der Waals surface area (Å²) in [6.45, 7) is 4.77. The Hall–Kier alpha value is -1.49. The third-order valence-electron chi connectivity index (χ3n) is 3.36. The van der Waals surface area contributed by atoms with Crippen molar-refractivity contribution >= 4 is 11.6 Å². The Bertz CT molecular complexity index is 607. The second-order valence-electron chi connectivity index (χ2n) is 5.67. The van der Waals surface area contributed by atoms with E-state index in [0.29, 0.717) is 17.3 Å². The van der Waals surface area contributed by atoms with Gasteiger partial charge in [0.15, 0.2) is 5.76 Å². The number of rotatable bonds is 6. The molecule has 2 aromatic rings. The van der Waals surface area contributed by atoms with E-state index in [1.54, 1.807) is 7.11 Å². The van der Waals surface area contributed by atoms with Crippen molar-refractivity contribution in [1.29, 1.82) is 0 Å². The smallest absolute Gasteiger partial charge is 0.158 e. The predicted molar refractivity (Wildman–Crippen MR) is 82.5 cm³/mol. The van der Waals surface area contributed by atoms with Crippen LogP contribution in [-0.4, -0.2) is 24.4 Å². The van der Waals surface area contributed by atoms with Crippen LogP contribution in [0.25, 0.3) is 11.3 Å². The monoisotopic (exact) mass is 310 g/mol. The number of methoxy groups -OCH3 is 1. The van der Waals surface area contributed by atoms with E-state index in [9.17, 15) is 5.11 Å². The topological polar surface area (TPSA) is 59.2 Å². The lowest BCUT2D eigenvalue weighted by Gasteiger charge is -2.18. The van der Waals surface area contributed by atoms with Crippen LogP contribution in [0, 0.1) is 0 Å². The summed E-state index contributed by atoms with van der Waals surface area (Å²) in [5.74, 6) is 2.27. The van der Waals surface area contributed by atoms with E-state index in [4.69, 9.17) is 20.8 Å². The molecule has 0 aliphatic rings. The van der Waals surface area contributed by atoms with Crippen molar-refractivity contribution in [1.82, 2.24) is 0 Å². The zero-order chi connectivity index (χ0) is 15.5. The van der Waals surface area contributed by atoms with Gasteiger partial charge in [0.05, 0.1) is 18.7 Å². The van der Waals surface area contributed by atoms with Crippen molar-refractivity contribution in [2.45, 2.75) is 25.9 Å². The van der Waals surface area contributed by atoms with Gasteiger partial charge in [0, 0.05) is 5.56 Å². The van der Waals surface area contributed by atoms with E-state index in [0.717, 1.165) is 17.1 Å². The number of nitrogens with two attached hydrogens (primary N) is 1. The predicted octanol–water partition coefficient (Wildman–Crippen LogP) is 2.44. The van der Waals surface area contributed by atoms with Gasteiger partial charge < -0.3 is 19.6 Å². The minimum Gasteiger partial charge on any atom is -0.495 e. The summed E-state index contributed by atoms with van der Waals surface area (Å²) in [5.41, 5.74) is 0.699. The van der Waals surface area contributed by atoms with Gasteiger partial charge in [0.1, 0.15) is 23.6 Å². The van der Waals surface area contributed by atoms with Crippen molar-refractivity contribution in [3.63, 3.8) is 0 Å². The molecule has 0 radical (unpaired) electrons. The number of ether oxygens (including phenoxy) is 1. The number of benzene rings is 1. The van der Waals surface area contributed by atoms with Crippen LogP contribution in [0.5, 0.6) is 5.75 Å². The van der Waals surface area contributed by atoms with Crippen LogP contribution in [-0.2, 0) is 6.54 Å². The average molecular weight is 311 g/mol. The highest BCUT2D eigenvalue weighted by Crippen LogP contribution is 2.30. The summed E-state index contributed by atoms with van der Waals surface area (Å²) in [6.07, 6.45) is 0. The molecule has 1 aromatic carbocycles. The molecule has 1 aromatic heterocycles. The van der Waals surface area contributed by atoms with Gasteiger partial charge in [-0.1, -0.05) is 11.6 Å². The average Bonchev–Trinajstić information content (AvgIpc) is 2.94. The standard InChI is InChI=1S/C16H20ClNO3/c1-16(2,10-19)18-9-12-5-7-14(21-12)11-4-6-15(20-3)13(17)8-11/h4-8,18-19H,9-10H2,1-3H3/p+1. The van der Waals surface area contributed by atoms with Crippen LogP contribution in [0.2, 0.25) is 5.02 Å². The number of hydrogen-bond acceptors (Lipinski definition) is 3. The Labute approximate surface area is 129 Å². The van der Waals surface area contributed by atoms with Gasteiger partial charge in [-0.3, -0.25) is 0 Å². The summed E-state index contributed by atoms with van der Waals surface area (Å²) in [6, 6.07) is 9.42. The van der Waals surface area contributed by atoms with E-state index in [1.807, 2.05) is 44.2 Å². The van der Waals surface area contributed by atoms with Gasteiger partial charge in [0.2, 0.25) is 0 Å². The molecule has 0 amide bonds. The fourth-order valence-corrected chi connectivity index (χ4v) is 2.16. The fourth-order valence-electron chi connectivity index (χ4n) is 1.90. The first kappa shape index (κ1) is 15.9. The van der Waals surface area contributed by atoms with Gasteiger partial charge in [-0.15, -0.1) is 0 Å². The van der Waals surface area contributed by atoms with Crippen LogP contribution in [0.3, 0.4) is 0 Å². The van der Waals surface area contributed by atoms with Gasteiger partial charge in [-0.05, 0) is 44.2 Å². The maximum Gasteiger partial charge on any atom is 0.158 e. The Balaban J connectivity index is 2.11. The van der Waals surface area contributed by atoms with E-state index >= 15 is 0 Å². The zero-order valence-corrected chi connectivity index (χ0v) is 13.3. The molecule has 5 heteroatoms. The summed E-state index contributed by atoms with van der Waals surface area (Å²) in [7, 11) is 1.59. The first-order valence-corrected chi connectivity index (χ1v) is 7.21. The normalized spacial score (nSPS) is 11.7. The fraction of sp³-hybridized carbons (Fsp3) is 0.375. The van der Waals surface area contributed by atoms with Gasteiger partial charge >= 0.3 is 0 Å². The second-order valence-corrected chi connectivity index (χ2v) is 6.08. The summed E-state index contributed by atoms with van der Waals surface area (Å²) >= 11 is 6.13. The minimum atomic E-state index is -0.212. The van der Waals surface area contributed by atoms with Crippen molar-refractivity contribution in [2.75, 3.05) is 13.7 Å². The number of furan rings is 1. The molecule has 21 heavy (non-hydrogen) atoms. The molecule has 0 atom stereocenters. The van der Waals surface area contributed by atoms with Gasteiger partial charge in [0.25, 0.3) is 0 Å². The van der Waals surface area contributed by atoms with Gasteiger partial charge in [-0.25, -0.2) is 0 Å². The Kier molecular flexibility index (Phi) is 4.93. The van der Waals surface area contributed by atoms with E-state index < -0.39 is 0 Å². The Morgan fingerprint density at radius 3 is 2.67 bits per heavy atom. The molecule has 4 nitrogen and oxygen atoms in total. The number of halogens is 1. The molecule has 0 fully saturated rings. The maximum absolute atomic E-state index is 9.25. The molecule has 0 aliphatic heterocycles. The van der Waals surface area contributed by atoms with Crippen molar-refractivity contribution in [2.24, 2.45) is 0 Å². The van der Waals surface area contributed by atoms with Crippen LogP contribution in [0.1, 0.15) is 19.6 Å². The van der Waals surface area contributed by atoms with Crippen molar-refractivity contribution < 1.29 is 19.6 Å². The first-order valence-electron chi connectivity index (χ1n) is 6.83. The lowest BCUT2D eigenvalue weighted by atomic mass is 10.1. The molecule has 1 heterocycles. The molecule has 114 valence electrons. The SMILES string of the molecule is COc1ccc(-c2ccc(C[NH2+]C(C)(C)CO)o2)cc1Cl. The molecule has 0 saturated carbocycles. The summed E-state index contributed by atoms with van der Waals surface area (Å²) in [4.78, 5) is 0. The largest absolute Gasteiger partial charge is 0.495 e. The second kappa shape index (κ2) is 6.52. The molecule has 3 N–H and O–H groups in total. The van der Waals surface area contributed by atoms with Crippen molar-refractivity contribution in [3.8, 4) is 17.1 Å². The highest BCUT2D eigenvalue weighted by molar-refractivity contribution is 6.32. The van der Waals surface area contributed by atoms with E-state index in [2.05, 4.69) is 5.32 Å².